The second kappa shape index (κ2) is 6.20. The largest absolute Gasteiger partial charge is 0.339 e. The number of rotatable bonds is 4. The van der Waals surface area contributed by atoms with E-state index in [0.717, 1.165) is 29.6 Å². The molecule has 0 aliphatic carbocycles. The SMILES string of the molecule is CNC1CSCC1c1nc(Cc2cc(C)cc(C)c2)no1. The quantitative estimate of drug-likeness (QED) is 0.941. The molecule has 0 radical (unpaired) electrons. The minimum atomic E-state index is 0.334. The number of hydrogen-bond donors (Lipinski definition) is 1. The number of nitrogens with zero attached hydrogens (tertiary/aromatic N) is 2. The molecular formula is C16H21N3OS. The van der Waals surface area contributed by atoms with E-state index in [4.69, 9.17) is 4.52 Å². The van der Waals surface area contributed by atoms with Gasteiger partial charge in [0, 0.05) is 24.0 Å². The highest BCUT2D eigenvalue weighted by atomic mass is 32.2. The van der Waals surface area contributed by atoms with Crippen LogP contribution in [0.3, 0.4) is 0 Å². The first kappa shape index (κ1) is 14.6. The average molecular weight is 303 g/mol. The predicted molar refractivity (Wildman–Crippen MR) is 85.9 cm³/mol. The molecule has 0 amide bonds. The van der Waals surface area contributed by atoms with Gasteiger partial charge in [0.05, 0.1) is 5.92 Å². The molecule has 3 rings (SSSR count). The van der Waals surface area contributed by atoms with Gasteiger partial charge in [0.25, 0.3) is 0 Å². The summed E-state index contributed by atoms with van der Waals surface area (Å²) in [5.74, 6) is 4.05. The van der Waals surface area contributed by atoms with Gasteiger partial charge in [0.15, 0.2) is 5.82 Å². The number of nitrogens with one attached hydrogen (secondary N) is 1. The summed E-state index contributed by atoms with van der Waals surface area (Å²) in [5, 5.41) is 7.50. The summed E-state index contributed by atoms with van der Waals surface area (Å²) in [5.41, 5.74) is 3.79. The lowest BCUT2D eigenvalue weighted by molar-refractivity contribution is 0.341. The molecule has 1 aromatic carbocycles. The van der Waals surface area contributed by atoms with Gasteiger partial charge in [-0.15, -0.1) is 0 Å². The summed E-state index contributed by atoms with van der Waals surface area (Å²) in [7, 11) is 2.00. The molecule has 1 fully saturated rings. The van der Waals surface area contributed by atoms with Crippen LogP contribution in [0.4, 0.5) is 0 Å². The fraction of sp³-hybridized carbons (Fsp3) is 0.500. The molecule has 0 saturated carbocycles. The first-order valence-electron chi connectivity index (χ1n) is 7.30. The van der Waals surface area contributed by atoms with E-state index in [2.05, 4.69) is 47.5 Å². The van der Waals surface area contributed by atoms with Crippen molar-refractivity contribution in [3.8, 4) is 0 Å². The fourth-order valence-electron chi connectivity index (χ4n) is 2.93. The maximum absolute atomic E-state index is 5.50. The van der Waals surface area contributed by atoms with E-state index in [1.807, 2.05) is 18.8 Å². The Morgan fingerprint density at radius 2 is 2.00 bits per heavy atom. The van der Waals surface area contributed by atoms with Gasteiger partial charge in [-0.3, -0.25) is 0 Å². The summed E-state index contributed by atoms with van der Waals surface area (Å²) < 4.78 is 5.50. The number of likely N-dealkylation sites (N-methyl/N-ethyl adjacent to an activating group) is 1. The van der Waals surface area contributed by atoms with Crippen LogP contribution in [0.5, 0.6) is 0 Å². The van der Waals surface area contributed by atoms with Crippen molar-refractivity contribution in [3.05, 3.63) is 46.6 Å². The van der Waals surface area contributed by atoms with Gasteiger partial charge >= 0.3 is 0 Å². The topological polar surface area (TPSA) is 51.0 Å². The summed E-state index contributed by atoms with van der Waals surface area (Å²) in [6.45, 7) is 4.23. The highest BCUT2D eigenvalue weighted by Gasteiger charge is 2.32. The molecule has 1 aromatic heterocycles. The van der Waals surface area contributed by atoms with Crippen LogP contribution in [0.25, 0.3) is 0 Å². The van der Waals surface area contributed by atoms with E-state index in [9.17, 15) is 0 Å². The van der Waals surface area contributed by atoms with Crippen LogP contribution in [0.15, 0.2) is 22.7 Å². The number of aryl methyl sites for hydroxylation is 2. The van der Waals surface area contributed by atoms with Gasteiger partial charge in [-0.05, 0) is 26.5 Å². The molecule has 2 heterocycles. The van der Waals surface area contributed by atoms with Crippen molar-refractivity contribution in [1.82, 2.24) is 15.5 Å². The van der Waals surface area contributed by atoms with Crippen LogP contribution in [0.2, 0.25) is 0 Å². The smallest absolute Gasteiger partial charge is 0.232 e. The highest BCUT2D eigenvalue weighted by molar-refractivity contribution is 7.99. The van der Waals surface area contributed by atoms with Gasteiger partial charge in [-0.25, -0.2) is 0 Å². The van der Waals surface area contributed by atoms with Crippen molar-refractivity contribution in [2.75, 3.05) is 18.6 Å². The van der Waals surface area contributed by atoms with Crippen molar-refractivity contribution < 1.29 is 4.52 Å². The Hall–Kier alpha value is -1.33. The zero-order valence-corrected chi connectivity index (χ0v) is 13.5. The zero-order chi connectivity index (χ0) is 14.8. The molecule has 1 saturated heterocycles. The lowest BCUT2D eigenvalue weighted by Crippen LogP contribution is -2.31. The molecule has 2 atom stereocenters. The molecule has 2 aromatic rings. The molecule has 1 N–H and O–H groups in total. The standard InChI is InChI=1S/C16H21N3OS/c1-10-4-11(2)6-12(5-10)7-15-18-16(20-19-15)13-8-21-9-14(13)17-3/h4-6,13-14,17H,7-9H2,1-3H3. The molecule has 21 heavy (non-hydrogen) atoms. The molecule has 4 nitrogen and oxygen atoms in total. The van der Waals surface area contributed by atoms with E-state index in [-0.39, 0.29) is 0 Å². The first-order chi connectivity index (χ1) is 10.2. The summed E-state index contributed by atoms with van der Waals surface area (Å²) >= 11 is 1.94. The third-order valence-electron chi connectivity index (χ3n) is 3.90. The molecule has 5 heteroatoms. The van der Waals surface area contributed by atoms with E-state index in [1.165, 1.54) is 16.7 Å². The maximum atomic E-state index is 5.50. The Bertz CT molecular complexity index is 605. The van der Waals surface area contributed by atoms with Crippen LogP contribution >= 0.6 is 11.8 Å². The molecule has 1 aliphatic heterocycles. The van der Waals surface area contributed by atoms with Gasteiger partial charge in [0.1, 0.15) is 0 Å². The van der Waals surface area contributed by atoms with Crippen LogP contribution in [0, 0.1) is 13.8 Å². The molecule has 0 bridgehead atoms. The Kier molecular flexibility index (Phi) is 4.31. The first-order valence-corrected chi connectivity index (χ1v) is 8.46. The molecule has 112 valence electrons. The van der Waals surface area contributed by atoms with Crippen LogP contribution < -0.4 is 5.32 Å². The van der Waals surface area contributed by atoms with Crippen molar-refractivity contribution in [2.24, 2.45) is 0 Å². The van der Waals surface area contributed by atoms with Crippen LogP contribution in [-0.4, -0.2) is 34.7 Å². The molecule has 2 unspecified atom stereocenters. The highest BCUT2D eigenvalue weighted by Crippen LogP contribution is 2.31. The summed E-state index contributed by atoms with van der Waals surface area (Å²) in [6, 6.07) is 6.98. The van der Waals surface area contributed by atoms with E-state index in [0.29, 0.717) is 12.0 Å². The predicted octanol–water partition coefficient (Wildman–Crippen LogP) is 2.70. The fourth-order valence-corrected chi connectivity index (χ4v) is 4.34. The van der Waals surface area contributed by atoms with Crippen molar-refractivity contribution >= 4 is 11.8 Å². The van der Waals surface area contributed by atoms with Crippen molar-refractivity contribution in [1.29, 1.82) is 0 Å². The number of hydrogen-bond acceptors (Lipinski definition) is 5. The van der Waals surface area contributed by atoms with Gasteiger partial charge in [-0.1, -0.05) is 34.5 Å². The van der Waals surface area contributed by atoms with Crippen LogP contribution in [0.1, 0.15) is 34.3 Å². The average Bonchev–Trinajstić information content (AvgIpc) is 3.05. The van der Waals surface area contributed by atoms with E-state index in [1.54, 1.807) is 0 Å². The zero-order valence-electron chi connectivity index (χ0n) is 12.7. The Balaban J connectivity index is 1.76. The second-order valence-corrected chi connectivity index (χ2v) is 6.84. The maximum Gasteiger partial charge on any atom is 0.232 e. The minimum Gasteiger partial charge on any atom is -0.339 e. The Morgan fingerprint density at radius 3 is 2.71 bits per heavy atom. The second-order valence-electron chi connectivity index (χ2n) is 5.76. The van der Waals surface area contributed by atoms with Crippen molar-refractivity contribution in [2.45, 2.75) is 32.2 Å². The third kappa shape index (κ3) is 3.30. The van der Waals surface area contributed by atoms with Gasteiger partial charge in [0.2, 0.25) is 5.89 Å². The van der Waals surface area contributed by atoms with E-state index < -0.39 is 0 Å². The normalized spacial score (nSPS) is 21.9. The Labute approximate surface area is 129 Å². The molecule has 1 aliphatic rings. The van der Waals surface area contributed by atoms with Gasteiger partial charge in [-0.2, -0.15) is 16.7 Å². The lowest BCUT2D eigenvalue weighted by atomic mass is 10.0. The number of benzene rings is 1. The monoisotopic (exact) mass is 303 g/mol. The molecular weight excluding hydrogens is 282 g/mol. The minimum absolute atomic E-state index is 0.334. The van der Waals surface area contributed by atoms with Gasteiger partial charge < -0.3 is 9.84 Å². The number of aromatic nitrogens is 2. The lowest BCUT2D eigenvalue weighted by Gasteiger charge is -2.13. The van der Waals surface area contributed by atoms with Crippen LogP contribution in [-0.2, 0) is 6.42 Å². The summed E-state index contributed by atoms with van der Waals surface area (Å²) in [4.78, 5) is 4.61. The van der Waals surface area contributed by atoms with Crippen molar-refractivity contribution in [3.63, 3.8) is 0 Å². The van der Waals surface area contributed by atoms with E-state index >= 15 is 0 Å². The Morgan fingerprint density at radius 1 is 1.24 bits per heavy atom. The summed E-state index contributed by atoms with van der Waals surface area (Å²) in [6.07, 6.45) is 0.732. The molecule has 0 spiro atoms. The third-order valence-corrected chi connectivity index (χ3v) is 5.09. The number of thioether (sulfide) groups is 1.